The summed E-state index contributed by atoms with van der Waals surface area (Å²) in [4.78, 5) is 32.2. The molecule has 1 N–H and O–H groups in total. The minimum absolute atomic E-state index is 0.178. The zero-order valence-corrected chi connectivity index (χ0v) is 23.9. The number of aliphatic hydroxyl groups is 1. The maximum absolute atomic E-state index is 12.1. The Kier molecular flexibility index (Phi) is 7.45. The maximum atomic E-state index is 12.1. The largest absolute Gasteiger partial charge is 0.485 e. The molecule has 2 unspecified atom stereocenters. The van der Waals surface area contributed by atoms with Crippen molar-refractivity contribution in [2.75, 3.05) is 0 Å². The highest BCUT2D eigenvalue weighted by Gasteiger charge is 2.44. The maximum Gasteiger partial charge on any atom is 0.257 e. The van der Waals surface area contributed by atoms with E-state index in [4.69, 9.17) is 20.0 Å². The second kappa shape index (κ2) is 11.0. The summed E-state index contributed by atoms with van der Waals surface area (Å²) < 4.78 is 14.5. The van der Waals surface area contributed by atoms with E-state index < -0.39 is 23.3 Å². The number of nitrogens with zero attached hydrogens (tertiary/aromatic N) is 6. The molecule has 11 nitrogen and oxygen atoms in total. The van der Waals surface area contributed by atoms with E-state index in [1.807, 2.05) is 19.9 Å². The van der Waals surface area contributed by atoms with E-state index in [2.05, 4.69) is 22.1 Å². The lowest BCUT2D eigenvalue weighted by atomic mass is 9.85. The number of nitriles is 2. The molecule has 0 amide bonds. The second-order valence-electron chi connectivity index (χ2n) is 11.1. The molecule has 2 aromatic heterocycles. The SMILES string of the molecule is CC1(C)C=C(n2cnccc2=O)c2cc(C#N)ccc2O1.CC1(C)Oc2ccc(C#N)cc2C(n2cnccc2=O)C1O. The molecular formula is C32H28N6O5. The minimum Gasteiger partial charge on any atom is -0.485 e. The third kappa shape index (κ3) is 5.67. The first-order valence-corrected chi connectivity index (χ1v) is 13.4. The van der Waals surface area contributed by atoms with Crippen molar-refractivity contribution in [1.82, 2.24) is 19.1 Å². The first kappa shape index (κ1) is 29.0. The molecule has 0 saturated carbocycles. The van der Waals surface area contributed by atoms with Gasteiger partial charge in [0.1, 0.15) is 35.1 Å². The summed E-state index contributed by atoms with van der Waals surface area (Å²) in [5, 5.41) is 28.8. The molecule has 4 aromatic rings. The lowest BCUT2D eigenvalue weighted by Crippen LogP contribution is -2.52. The molecule has 4 heterocycles. The summed E-state index contributed by atoms with van der Waals surface area (Å²) in [6, 6.07) is 16.4. The van der Waals surface area contributed by atoms with Gasteiger partial charge in [0, 0.05) is 35.7 Å². The van der Waals surface area contributed by atoms with E-state index in [0.29, 0.717) is 39.4 Å². The molecule has 11 heteroatoms. The third-order valence-corrected chi connectivity index (χ3v) is 7.11. The van der Waals surface area contributed by atoms with Gasteiger partial charge in [0.2, 0.25) is 0 Å². The van der Waals surface area contributed by atoms with Gasteiger partial charge in [-0.15, -0.1) is 0 Å². The molecule has 0 spiro atoms. The van der Waals surface area contributed by atoms with Crippen LogP contribution in [0.3, 0.4) is 0 Å². The standard InChI is InChI=1S/C16H15N3O3.C16H13N3O2/c1-16(2)15(21)14(19-9-18-6-5-13(19)20)11-7-10(8-17)3-4-12(11)22-16;1-16(2)8-13(19-10-18-6-5-15(19)20)12-7-11(9-17)3-4-14(12)21-16/h3-7,9,14-15,21H,1-2H3;3-8,10H,1-2H3. The van der Waals surface area contributed by atoms with Crippen LogP contribution >= 0.6 is 0 Å². The van der Waals surface area contributed by atoms with E-state index in [1.54, 1.807) is 50.2 Å². The van der Waals surface area contributed by atoms with Crippen LogP contribution in [0.25, 0.3) is 5.70 Å². The number of hydrogen-bond donors (Lipinski definition) is 1. The van der Waals surface area contributed by atoms with E-state index >= 15 is 0 Å². The van der Waals surface area contributed by atoms with Gasteiger partial charge < -0.3 is 14.6 Å². The van der Waals surface area contributed by atoms with Crippen LogP contribution in [0.1, 0.15) is 56.0 Å². The molecule has 0 saturated heterocycles. The molecule has 0 fully saturated rings. The van der Waals surface area contributed by atoms with Crippen molar-refractivity contribution < 1.29 is 14.6 Å². The highest BCUT2D eigenvalue weighted by Crippen LogP contribution is 2.41. The van der Waals surface area contributed by atoms with E-state index in [9.17, 15) is 14.7 Å². The van der Waals surface area contributed by atoms with Crippen molar-refractivity contribution >= 4 is 5.70 Å². The Morgan fingerprint density at radius 1 is 0.837 bits per heavy atom. The minimum atomic E-state index is -0.962. The van der Waals surface area contributed by atoms with Crippen LogP contribution in [0.2, 0.25) is 0 Å². The summed E-state index contributed by atoms with van der Waals surface area (Å²) in [5.74, 6) is 1.20. The number of hydrogen-bond acceptors (Lipinski definition) is 9. The monoisotopic (exact) mass is 576 g/mol. The first-order chi connectivity index (χ1) is 20.4. The zero-order valence-electron chi connectivity index (χ0n) is 23.9. The van der Waals surface area contributed by atoms with Gasteiger partial charge in [-0.3, -0.25) is 18.7 Å². The molecule has 6 rings (SSSR count). The van der Waals surface area contributed by atoms with E-state index in [0.717, 1.165) is 0 Å². The molecule has 43 heavy (non-hydrogen) atoms. The van der Waals surface area contributed by atoms with E-state index in [1.165, 1.54) is 46.3 Å². The van der Waals surface area contributed by atoms with Crippen molar-refractivity contribution in [3.05, 3.63) is 123 Å². The lowest BCUT2D eigenvalue weighted by molar-refractivity contribution is -0.0644. The lowest BCUT2D eigenvalue weighted by Gasteiger charge is -2.42. The molecule has 2 atom stereocenters. The molecule has 0 radical (unpaired) electrons. The smallest absolute Gasteiger partial charge is 0.257 e. The fourth-order valence-corrected chi connectivity index (χ4v) is 5.05. The van der Waals surface area contributed by atoms with Crippen LogP contribution in [0.5, 0.6) is 11.5 Å². The van der Waals surface area contributed by atoms with E-state index in [-0.39, 0.29) is 11.1 Å². The average Bonchev–Trinajstić information content (AvgIpc) is 2.98. The summed E-state index contributed by atoms with van der Waals surface area (Å²) in [6.07, 6.45) is 6.62. The third-order valence-electron chi connectivity index (χ3n) is 7.11. The summed E-state index contributed by atoms with van der Waals surface area (Å²) in [7, 11) is 0. The Morgan fingerprint density at radius 3 is 2.12 bits per heavy atom. The summed E-state index contributed by atoms with van der Waals surface area (Å²) >= 11 is 0. The second-order valence-corrected chi connectivity index (χ2v) is 11.1. The van der Waals surface area contributed by atoms with Crippen LogP contribution in [-0.2, 0) is 0 Å². The fraction of sp³-hybridized carbons (Fsp3) is 0.250. The van der Waals surface area contributed by atoms with Crippen LogP contribution in [-0.4, -0.2) is 41.5 Å². The molecule has 0 aliphatic carbocycles. The Labute approximate surface area is 247 Å². The van der Waals surface area contributed by atoms with Crippen LogP contribution in [0.4, 0.5) is 0 Å². The number of rotatable bonds is 2. The number of aromatic nitrogens is 4. The molecule has 2 aromatic carbocycles. The molecule has 2 aliphatic heterocycles. The van der Waals surface area contributed by atoms with Crippen molar-refractivity contribution in [2.24, 2.45) is 0 Å². The van der Waals surface area contributed by atoms with Gasteiger partial charge in [0.25, 0.3) is 11.1 Å². The normalized spacial score (nSPS) is 18.9. The van der Waals surface area contributed by atoms with Crippen LogP contribution < -0.4 is 20.6 Å². The summed E-state index contributed by atoms with van der Waals surface area (Å²) in [6.45, 7) is 7.34. The van der Waals surface area contributed by atoms with Crippen LogP contribution in [0.15, 0.2) is 89.2 Å². The zero-order chi connectivity index (χ0) is 30.9. The van der Waals surface area contributed by atoms with Crippen molar-refractivity contribution in [3.8, 4) is 23.6 Å². The van der Waals surface area contributed by atoms with Gasteiger partial charge in [-0.2, -0.15) is 10.5 Å². The van der Waals surface area contributed by atoms with Crippen LogP contribution in [0, 0.1) is 22.7 Å². The molecule has 216 valence electrons. The Bertz CT molecular complexity index is 1940. The Morgan fingerprint density at radius 2 is 1.47 bits per heavy atom. The number of aliphatic hydroxyl groups excluding tert-OH is 1. The van der Waals surface area contributed by atoms with Crippen molar-refractivity contribution in [2.45, 2.75) is 51.0 Å². The topological polar surface area (TPSA) is 156 Å². The highest BCUT2D eigenvalue weighted by atomic mass is 16.5. The number of ether oxygens (including phenoxy) is 2. The first-order valence-electron chi connectivity index (χ1n) is 13.4. The predicted molar refractivity (Wildman–Crippen MR) is 156 cm³/mol. The van der Waals surface area contributed by atoms with Gasteiger partial charge in [-0.1, -0.05) is 0 Å². The highest BCUT2D eigenvalue weighted by molar-refractivity contribution is 5.74. The summed E-state index contributed by atoms with van der Waals surface area (Å²) in [5.41, 5.74) is 1.07. The van der Waals surface area contributed by atoms with Gasteiger partial charge in [0.05, 0.1) is 41.3 Å². The van der Waals surface area contributed by atoms with Gasteiger partial charge in [0.15, 0.2) is 0 Å². The molecular weight excluding hydrogens is 548 g/mol. The van der Waals surface area contributed by atoms with Gasteiger partial charge in [-0.05, 0) is 70.2 Å². The van der Waals surface area contributed by atoms with Crippen molar-refractivity contribution in [3.63, 3.8) is 0 Å². The fourth-order valence-electron chi connectivity index (χ4n) is 5.05. The molecule has 2 aliphatic rings. The predicted octanol–water partition coefficient (Wildman–Crippen LogP) is 3.41. The number of fused-ring (bicyclic) bond motifs is 2. The Hall–Kier alpha value is -5.52. The Balaban J connectivity index is 0.000000171. The quantitative estimate of drug-likeness (QED) is 0.378. The average molecular weight is 577 g/mol. The number of benzene rings is 2. The molecule has 0 bridgehead atoms. The van der Waals surface area contributed by atoms with Gasteiger partial charge >= 0.3 is 0 Å². The van der Waals surface area contributed by atoms with Crippen molar-refractivity contribution in [1.29, 1.82) is 10.5 Å². The van der Waals surface area contributed by atoms with Gasteiger partial charge in [-0.25, -0.2) is 9.97 Å².